The second-order valence-corrected chi connectivity index (χ2v) is 7.93. The molecule has 1 aliphatic heterocycles. The van der Waals surface area contributed by atoms with E-state index in [2.05, 4.69) is 10.3 Å². The molecule has 0 spiro atoms. The zero-order valence-corrected chi connectivity index (χ0v) is 16.6. The lowest BCUT2D eigenvalue weighted by molar-refractivity contribution is -0.0167. The molecule has 30 heavy (non-hydrogen) atoms. The molecular weight excluding hydrogens is 389 g/mol. The smallest absolute Gasteiger partial charge is 0.140 e. The van der Waals surface area contributed by atoms with Crippen molar-refractivity contribution in [3.8, 4) is 11.5 Å². The summed E-state index contributed by atoms with van der Waals surface area (Å²) < 4.78 is 27.7. The number of aliphatic hydroxyl groups is 2. The summed E-state index contributed by atoms with van der Waals surface area (Å²) in [6, 6.07) is 6.14. The van der Waals surface area contributed by atoms with E-state index in [1.807, 2.05) is 29.8 Å². The highest BCUT2D eigenvalue weighted by atomic mass is 19.1. The van der Waals surface area contributed by atoms with Gasteiger partial charge < -0.3 is 29.6 Å². The van der Waals surface area contributed by atoms with Crippen molar-refractivity contribution in [3.63, 3.8) is 0 Å². The van der Waals surface area contributed by atoms with Gasteiger partial charge in [-0.05, 0) is 24.6 Å². The molecule has 3 N–H and O–H groups in total. The van der Waals surface area contributed by atoms with E-state index in [0.717, 1.165) is 16.6 Å². The third-order valence-corrected chi connectivity index (χ3v) is 6.04. The first-order chi connectivity index (χ1) is 14.5. The first kappa shape index (κ1) is 19.3. The van der Waals surface area contributed by atoms with Crippen LogP contribution in [-0.4, -0.2) is 51.2 Å². The minimum absolute atomic E-state index is 0.322. The number of benzene rings is 1. The highest BCUT2D eigenvalue weighted by Crippen LogP contribution is 2.38. The standard InChI is InChI=1S/C22H24FN3O4/c1-12-2-4-25-22-14(12)3-6-26(22)16-10-19(21(28)20(16)27)30-18-9-13(23)8-17-15(18)11-24-5-7-29-17/h2-4,6,8-9,16,19-21,24,27-28H,5,7,10-11H2,1H3. The Bertz CT molecular complexity index is 1090. The SMILES string of the molecule is Cc1ccnc2c1ccn2C1CC(Oc2cc(F)cc3c2CNCCO3)C(O)C1O. The summed E-state index contributed by atoms with van der Waals surface area (Å²) in [5.74, 6) is 0.296. The summed E-state index contributed by atoms with van der Waals surface area (Å²) in [4.78, 5) is 4.45. The molecule has 3 aromatic rings. The molecule has 4 atom stereocenters. The average molecular weight is 413 g/mol. The van der Waals surface area contributed by atoms with Crippen LogP contribution in [0.15, 0.2) is 36.7 Å². The molecule has 5 rings (SSSR count). The number of hydrogen-bond donors (Lipinski definition) is 3. The maximum Gasteiger partial charge on any atom is 0.140 e. The molecular formula is C22H24FN3O4. The summed E-state index contributed by atoms with van der Waals surface area (Å²) in [5, 5.41) is 25.7. The van der Waals surface area contributed by atoms with Gasteiger partial charge in [0.15, 0.2) is 0 Å². The highest BCUT2D eigenvalue weighted by Gasteiger charge is 2.44. The van der Waals surface area contributed by atoms with Crippen LogP contribution in [-0.2, 0) is 6.54 Å². The van der Waals surface area contributed by atoms with Gasteiger partial charge in [0, 0.05) is 49.4 Å². The highest BCUT2D eigenvalue weighted by molar-refractivity contribution is 5.79. The summed E-state index contributed by atoms with van der Waals surface area (Å²) in [6.45, 7) is 3.57. The summed E-state index contributed by atoms with van der Waals surface area (Å²) in [6.07, 6.45) is 1.13. The van der Waals surface area contributed by atoms with Crippen molar-refractivity contribution in [2.75, 3.05) is 13.2 Å². The number of hydrogen-bond acceptors (Lipinski definition) is 6. The molecule has 0 saturated heterocycles. The van der Waals surface area contributed by atoms with Crippen LogP contribution in [0.25, 0.3) is 11.0 Å². The van der Waals surface area contributed by atoms with E-state index < -0.39 is 30.2 Å². The number of aryl methyl sites for hydroxylation is 1. The van der Waals surface area contributed by atoms with E-state index in [1.54, 1.807) is 6.20 Å². The number of nitrogens with zero attached hydrogens (tertiary/aromatic N) is 2. The van der Waals surface area contributed by atoms with Crippen molar-refractivity contribution < 1.29 is 24.1 Å². The molecule has 2 aromatic heterocycles. The Labute approximate surface area is 173 Å². The number of pyridine rings is 1. The molecule has 8 heteroatoms. The fourth-order valence-corrected chi connectivity index (χ4v) is 4.43. The minimum Gasteiger partial charge on any atom is -0.492 e. The zero-order chi connectivity index (χ0) is 20.8. The van der Waals surface area contributed by atoms with Crippen LogP contribution >= 0.6 is 0 Å². The Morgan fingerprint density at radius 2 is 2.13 bits per heavy atom. The molecule has 2 aliphatic rings. The van der Waals surface area contributed by atoms with Crippen molar-refractivity contribution in [1.29, 1.82) is 0 Å². The minimum atomic E-state index is -1.11. The number of halogens is 1. The summed E-state index contributed by atoms with van der Waals surface area (Å²) >= 11 is 0. The number of fused-ring (bicyclic) bond motifs is 2. The number of aromatic nitrogens is 2. The van der Waals surface area contributed by atoms with Crippen molar-refractivity contribution in [2.24, 2.45) is 0 Å². The van der Waals surface area contributed by atoms with Crippen LogP contribution in [0.2, 0.25) is 0 Å². The van der Waals surface area contributed by atoms with Gasteiger partial charge in [-0.3, -0.25) is 0 Å². The van der Waals surface area contributed by atoms with Gasteiger partial charge in [-0.1, -0.05) is 0 Å². The molecule has 3 heterocycles. The summed E-state index contributed by atoms with van der Waals surface area (Å²) in [5.41, 5.74) is 2.56. The van der Waals surface area contributed by atoms with Crippen LogP contribution in [0.3, 0.4) is 0 Å². The van der Waals surface area contributed by atoms with Gasteiger partial charge in [-0.2, -0.15) is 0 Å². The first-order valence-electron chi connectivity index (χ1n) is 10.1. The van der Waals surface area contributed by atoms with Crippen LogP contribution < -0.4 is 14.8 Å². The van der Waals surface area contributed by atoms with Crippen molar-refractivity contribution >= 4 is 11.0 Å². The molecule has 1 aliphatic carbocycles. The van der Waals surface area contributed by atoms with Gasteiger partial charge >= 0.3 is 0 Å². The number of ether oxygens (including phenoxy) is 2. The van der Waals surface area contributed by atoms with E-state index in [0.29, 0.717) is 43.2 Å². The third kappa shape index (κ3) is 3.21. The van der Waals surface area contributed by atoms with E-state index in [9.17, 15) is 14.6 Å². The van der Waals surface area contributed by atoms with Crippen molar-refractivity contribution in [3.05, 3.63) is 53.6 Å². The normalized spacial score (nSPS) is 26.3. The van der Waals surface area contributed by atoms with Gasteiger partial charge in [0.25, 0.3) is 0 Å². The number of aliphatic hydroxyl groups excluding tert-OH is 2. The first-order valence-corrected chi connectivity index (χ1v) is 10.1. The predicted octanol–water partition coefficient (Wildman–Crippen LogP) is 2.08. The maximum absolute atomic E-state index is 14.1. The predicted molar refractivity (Wildman–Crippen MR) is 108 cm³/mol. The molecule has 0 amide bonds. The Kier molecular flexibility index (Phi) is 4.85. The van der Waals surface area contributed by atoms with E-state index >= 15 is 0 Å². The van der Waals surface area contributed by atoms with Gasteiger partial charge in [0.1, 0.15) is 47.9 Å². The monoisotopic (exact) mass is 413 g/mol. The second-order valence-electron chi connectivity index (χ2n) is 7.93. The van der Waals surface area contributed by atoms with Gasteiger partial charge in [-0.15, -0.1) is 0 Å². The van der Waals surface area contributed by atoms with E-state index in [-0.39, 0.29) is 0 Å². The molecule has 1 aromatic carbocycles. The van der Waals surface area contributed by atoms with Crippen LogP contribution in [0.1, 0.15) is 23.6 Å². The van der Waals surface area contributed by atoms with Gasteiger partial charge in [0.2, 0.25) is 0 Å². The quantitative estimate of drug-likeness (QED) is 0.609. The fraction of sp³-hybridized carbons (Fsp3) is 0.409. The molecule has 158 valence electrons. The largest absolute Gasteiger partial charge is 0.492 e. The maximum atomic E-state index is 14.1. The lowest BCUT2D eigenvalue weighted by Crippen LogP contribution is -2.34. The molecule has 1 fully saturated rings. The van der Waals surface area contributed by atoms with Crippen LogP contribution in [0.5, 0.6) is 11.5 Å². The Morgan fingerprint density at radius 3 is 3.00 bits per heavy atom. The second kappa shape index (κ2) is 7.54. The summed E-state index contributed by atoms with van der Waals surface area (Å²) in [7, 11) is 0. The zero-order valence-electron chi connectivity index (χ0n) is 16.6. The number of nitrogens with one attached hydrogen (secondary N) is 1. The molecule has 0 radical (unpaired) electrons. The molecule has 4 unspecified atom stereocenters. The molecule has 0 bridgehead atoms. The third-order valence-electron chi connectivity index (χ3n) is 6.04. The van der Waals surface area contributed by atoms with Crippen LogP contribution in [0, 0.1) is 12.7 Å². The van der Waals surface area contributed by atoms with E-state index in [1.165, 1.54) is 12.1 Å². The molecule has 7 nitrogen and oxygen atoms in total. The Hall–Kier alpha value is -2.68. The average Bonchev–Trinajstić information content (AvgIpc) is 3.16. The fourth-order valence-electron chi connectivity index (χ4n) is 4.43. The van der Waals surface area contributed by atoms with Crippen molar-refractivity contribution in [1.82, 2.24) is 14.9 Å². The van der Waals surface area contributed by atoms with E-state index in [4.69, 9.17) is 9.47 Å². The Morgan fingerprint density at radius 1 is 1.27 bits per heavy atom. The van der Waals surface area contributed by atoms with Crippen molar-refractivity contribution in [2.45, 2.75) is 44.2 Å². The van der Waals surface area contributed by atoms with Crippen LogP contribution in [0.4, 0.5) is 4.39 Å². The topological polar surface area (TPSA) is 88.8 Å². The van der Waals surface area contributed by atoms with Gasteiger partial charge in [-0.25, -0.2) is 9.37 Å². The lowest BCUT2D eigenvalue weighted by atomic mass is 10.1. The van der Waals surface area contributed by atoms with Gasteiger partial charge in [0.05, 0.1) is 11.6 Å². The Balaban J connectivity index is 1.45. The number of rotatable bonds is 3. The lowest BCUT2D eigenvalue weighted by Gasteiger charge is -2.21. The molecule has 1 saturated carbocycles.